The quantitative estimate of drug-likeness (QED) is 0.281. The van der Waals surface area contributed by atoms with Crippen molar-refractivity contribution >= 4 is 10.8 Å². The zero-order valence-corrected chi connectivity index (χ0v) is 20.1. The van der Waals surface area contributed by atoms with E-state index >= 15 is 0 Å². The van der Waals surface area contributed by atoms with Crippen LogP contribution in [0.2, 0.25) is 0 Å². The van der Waals surface area contributed by atoms with Gasteiger partial charge < -0.3 is 4.74 Å². The van der Waals surface area contributed by atoms with Crippen LogP contribution < -0.4 is 4.74 Å². The lowest BCUT2D eigenvalue weighted by Gasteiger charge is -2.42. The third-order valence-electron chi connectivity index (χ3n) is 8.14. The number of hydrogen-bond acceptors (Lipinski definition) is 1. The van der Waals surface area contributed by atoms with Crippen molar-refractivity contribution in [2.75, 3.05) is 6.61 Å². The molecule has 0 heterocycles. The fourth-order valence-corrected chi connectivity index (χ4v) is 6.28. The molecule has 2 aliphatic rings. The maximum atomic E-state index is 14.6. The van der Waals surface area contributed by atoms with E-state index in [-0.39, 0.29) is 5.82 Å². The Labute approximate surface area is 194 Å². The summed E-state index contributed by atoms with van der Waals surface area (Å²) in [6.07, 6.45) is 19.2. The normalized spacial score (nSPS) is 25.8. The van der Waals surface area contributed by atoms with E-state index in [1.54, 1.807) is 6.07 Å². The third-order valence-corrected chi connectivity index (χ3v) is 8.14. The molecule has 2 aromatic rings. The molecule has 0 aromatic heterocycles. The lowest BCUT2D eigenvalue weighted by Crippen LogP contribution is -2.30. The largest absolute Gasteiger partial charge is 0.486 e. The second kappa shape index (κ2) is 11.3. The van der Waals surface area contributed by atoms with E-state index < -0.39 is 0 Å². The molecule has 0 N–H and O–H groups in total. The fourth-order valence-electron chi connectivity index (χ4n) is 6.28. The SMILES string of the molecule is C/C=C/COc1cc2ccc([C@@H]3CC[C@@H]4CC(CCCCCC)CCC4C3)cc2cc1F. The van der Waals surface area contributed by atoms with E-state index in [4.69, 9.17) is 4.74 Å². The molecule has 174 valence electrons. The number of halogens is 1. The highest BCUT2D eigenvalue weighted by atomic mass is 19.1. The minimum Gasteiger partial charge on any atom is -0.486 e. The summed E-state index contributed by atoms with van der Waals surface area (Å²) >= 11 is 0. The summed E-state index contributed by atoms with van der Waals surface area (Å²) in [7, 11) is 0. The van der Waals surface area contributed by atoms with Gasteiger partial charge in [0.05, 0.1) is 0 Å². The third kappa shape index (κ3) is 5.74. The molecule has 0 aliphatic heterocycles. The van der Waals surface area contributed by atoms with Gasteiger partial charge in [-0.1, -0.05) is 75.8 Å². The zero-order valence-electron chi connectivity index (χ0n) is 20.1. The summed E-state index contributed by atoms with van der Waals surface area (Å²) in [6.45, 7) is 4.64. The first-order valence-corrected chi connectivity index (χ1v) is 13.1. The minimum absolute atomic E-state index is 0.264. The zero-order chi connectivity index (χ0) is 22.3. The van der Waals surface area contributed by atoms with Crippen LogP contribution in [0.4, 0.5) is 4.39 Å². The van der Waals surface area contributed by atoms with Gasteiger partial charge in [-0.3, -0.25) is 0 Å². The maximum absolute atomic E-state index is 14.6. The van der Waals surface area contributed by atoms with Gasteiger partial charge in [-0.25, -0.2) is 4.39 Å². The molecular weight excluding hydrogens is 395 g/mol. The van der Waals surface area contributed by atoms with Crippen molar-refractivity contribution in [2.45, 2.75) is 90.4 Å². The van der Waals surface area contributed by atoms with Crippen molar-refractivity contribution in [1.82, 2.24) is 0 Å². The van der Waals surface area contributed by atoms with E-state index in [1.165, 1.54) is 76.2 Å². The highest BCUT2D eigenvalue weighted by molar-refractivity contribution is 5.85. The Morgan fingerprint density at radius 3 is 2.62 bits per heavy atom. The summed E-state index contributed by atoms with van der Waals surface area (Å²) in [4.78, 5) is 0. The first-order chi connectivity index (χ1) is 15.7. The fraction of sp³-hybridized carbons (Fsp3) is 0.600. The number of fused-ring (bicyclic) bond motifs is 2. The Morgan fingerprint density at radius 2 is 1.78 bits per heavy atom. The average Bonchev–Trinajstić information content (AvgIpc) is 2.81. The van der Waals surface area contributed by atoms with Gasteiger partial charge in [-0.15, -0.1) is 0 Å². The van der Waals surface area contributed by atoms with Crippen LogP contribution in [-0.4, -0.2) is 6.61 Å². The number of allylic oxidation sites excluding steroid dienone is 1. The van der Waals surface area contributed by atoms with E-state index in [1.807, 2.05) is 25.1 Å². The Balaban J connectivity index is 1.37. The number of benzene rings is 2. The van der Waals surface area contributed by atoms with Crippen molar-refractivity contribution in [2.24, 2.45) is 17.8 Å². The van der Waals surface area contributed by atoms with E-state index in [2.05, 4.69) is 25.1 Å². The molecule has 0 saturated heterocycles. The Morgan fingerprint density at radius 1 is 0.938 bits per heavy atom. The monoisotopic (exact) mass is 436 g/mol. The van der Waals surface area contributed by atoms with Crippen molar-refractivity contribution in [3.8, 4) is 5.75 Å². The van der Waals surface area contributed by atoms with E-state index in [0.717, 1.165) is 28.5 Å². The molecular formula is C30H41FO. The molecule has 1 nitrogen and oxygen atoms in total. The van der Waals surface area contributed by atoms with E-state index in [0.29, 0.717) is 18.3 Å². The molecule has 2 fully saturated rings. The van der Waals surface area contributed by atoms with Crippen LogP contribution in [-0.2, 0) is 0 Å². The van der Waals surface area contributed by atoms with Crippen molar-refractivity contribution < 1.29 is 9.13 Å². The molecule has 2 aromatic carbocycles. The number of rotatable bonds is 9. The van der Waals surface area contributed by atoms with Gasteiger partial charge in [0.15, 0.2) is 11.6 Å². The lowest BCUT2D eigenvalue weighted by atomic mass is 9.63. The highest BCUT2D eigenvalue weighted by Crippen LogP contribution is 2.48. The average molecular weight is 437 g/mol. The Hall–Kier alpha value is -1.83. The van der Waals surface area contributed by atoms with Crippen LogP contribution >= 0.6 is 0 Å². The lowest BCUT2D eigenvalue weighted by molar-refractivity contribution is 0.113. The van der Waals surface area contributed by atoms with Crippen molar-refractivity contribution in [3.63, 3.8) is 0 Å². The number of unbranched alkanes of at least 4 members (excludes halogenated alkanes) is 3. The van der Waals surface area contributed by atoms with Gasteiger partial charge in [0, 0.05) is 0 Å². The Bertz CT molecular complexity index is 901. The first-order valence-electron chi connectivity index (χ1n) is 13.1. The summed E-state index contributed by atoms with van der Waals surface area (Å²) in [5.41, 5.74) is 1.40. The van der Waals surface area contributed by atoms with Crippen molar-refractivity contribution in [1.29, 1.82) is 0 Å². The predicted molar refractivity (Wildman–Crippen MR) is 134 cm³/mol. The molecule has 32 heavy (non-hydrogen) atoms. The molecule has 2 aliphatic carbocycles. The molecule has 0 amide bonds. The smallest absolute Gasteiger partial charge is 0.165 e. The minimum atomic E-state index is -0.264. The van der Waals surface area contributed by atoms with Crippen LogP contribution in [0.25, 0.3) is 10.8 Å². The molecule has 4 atom stereocenters. The molecule has 2 unspecified atom stereocenters. The molecule has 0 bridgehead atoms. The van der Waals surface area contributed by atoms with Gasteiger partial charge in [0.25, 0.3) is 0 Å². The molecule has 0 spiro atoms. The topological polar surface area (TPSA) is 9.23 Å². The molecule has 2 heteroatoms. The maximum Gasteiger partial charge on any atom is 0.165 e. The summed E-state index contributed by atoms with van der Waals surface area (Å²) in [6, 6.07) is 10.2. The highest BCUT2D eigenvalue weighted by Gasteiger charge is 2.35. The summed E-state index contributed by atoms with van der Waals surface area (Å²) in [5.74, 6) is 3.55. The van der Waals surface area contributed by atoms with Crippen LogP contribution in [0.15, 0.2) is 42.5 Å². The molecule has 0 radical (unpaired) electrons. The number of hydrogen-bond donors (Lipinski definition) is 0. The number of ether oxygens (including phenoxy) is 1. The van der Waals surface area contributed by atoms with Gasteiger partial charge in [0.2, 0.25) is 0 Å². The van der Waals surface area contributed by atoms with Crippen molar-refractivity contribution in [3.05, 3.63) is 53.9 Å². The summed E-state index contributed by atoms with van der Waals surface area (Å²) < 4.78 is 20.1. The first kappa shape index (κ1) is 23.3. The van der Waals surface area contributed by atoms with Gasteiger partial charge in [-0.2, -0.15) is 0 Å². The second-order valence-electron chi connectivity index (χ2n) is 10.3. The van der Waals surface area contributed by atoms with Crippen LogP contribution in [0.5, 0.6) is 5.75 Å². The van der Waals surface area contributed by atoms with Gasteiger partial charge in [-0.05, 0) is 91.2 Å². The molecule has 2 saturated carbocycles. The Kier molecular flexibility index (Phi) is 8.27. The van der Waals surface area contributed by atoms with Gasteiger partial charge in [0.1, 0.15) is 6.61 Å². The summed E-state index contributed by atoms with van der Waals surface area (Å²) in [5, 5.41) is 2.05. The second-order valence-corrected chi connectivity index (χ2v) is 10.3. The van der Waals surface area contributed by atoms with Gasteiger partial charge >= 0.3 is 0 Å². The van der Waals surface area contributed by atoms with Crippen LogP contribution in [0.3, 0.4) is 0 Å². The predicted octanol–water partition coefficient (Wildman–Crippen LogP) is 9.20. The van der Waals surface area contributed by atoms with Crippen LogP contribution in [0.1, 0.15) is 96.0 Å². The molecule has 4 rings (SSSR count). The standard InChI is InChI=1S/C30H41FO/c1-3-5-7-8-9-22-10-11-24-18-25(13-12-23(24)17-22)26-14-15-27-21-30(32-16-6-4-2)29(31)20-28(27)19-26/h4,6,14-15,19-25H,3,5,7-13,16-18H2,1-2H3/b6-4+/t22?,23-,24?,25-/m1/s1. The van der Waals surface area contributed by atoms with Crippen LogP contribution in [0, 0.1) is 23.6 Å². The van der Waals surface area contributed by atoms with E-state index in [9.17, 15) is 4.39 Å².